The second-order valence-electron chi connectivity index (χ2n) is 6.47. The van der Waals surface area contributed by atoms with Gasteiger partial charge in [0.05, 0.1) is 32.9 Å². The van der Waals surface area contributed by atoms with Gasteiger partial charge in [-0.05, 0) is 26.2 Å². The Morgan fingerprint density at radius 3 is 2.18 bits per heavy atom. The molecule has 2 N–H and O–H groups in total. The Morgan fingerprint density at radius 1 is 1.09 bits per heavy atom. The van der Waals surface area contributed by atoms with Crippen molar-refractivity contribution in [2.24, 2.45) is 0 Å². The van der Waals surface area contributed by atoms with Crippen LogP contribution in [0.2, 0.25) is 0 Å². The van der Waals surface area contributed by atoms with Crippen molar-refractivity contribution in [1.29, 1.82) is 0 Å². The Kier molecular flexibility index (Phi) is 9.55. The number of nitrogens with zero attached hydrogens (tertiary/aromatic N) is 1. The number of carbonyl (C=O) groups is 1. The van der Waals surface area contributed by atoms with E-state index in [1.165, 1.54) is 0 Å². The highest BCUT2D eigenvalue weighted by Crippen LogP contribution is 2.07. The van der Waals surface area contributed by atoms with Crippen molar-refractivity contribution in [3.05, 3.63) is 12.2 Å². The van der Waals surface area contributed by atoms with Crippen LogP contribution < -0.4 is 5.32 Å². The van der Waals surface area contributed by atoms with Gasteiger partial charge in [0.25, 0.3) is 10.1 Å². The molecule has 0 aromatic carbocycles. The Balaban J connectivity index is 3.64. The molecule has 0 fully saturated rings. The molecule has 7 heteroatoms. The Bertz CT molecular complexity index is 458. The van der Waals surface area contributed by atoms with Gasteiger partial charge in [0, 0.05) is 18.5 Å². The summed E-state index contributed by atoms with van der Waals surface area (Å²) < 4.78 is 30.8. The standard InChI is InChI=1S/C15H30N2O4S/c1-14(2)15(18)16-10-7-5-6-8-11-17(3,4)12-9-13-22(19,20)21/h1,5-13H2,2-4H3,(H-,16,18,19,20,21)/p+1. The van der Waals surface area contributed by atoms with Crippen molar-refractivity contribution >= 4 is 16.0 Å². The number of hydrogen-bond acceptors (Lipinski definition) is 3. The van der Waals surface area contributed by atoms with Crippen molar-refractivity contribution in [1.82, 2.24) is 5.32 Å². The number of rotatable bonds is 12. The van der Waals surface area contributed by atoms with Crippen molar-refractivity contribution in [3.63, 3.8) is 0 Å². The number of amides is 1. The zero-order valence-electron chi connectivity index (χ0n) is 14.1. The maximum absolute atomic E-state index is 11.3. The van der Waals surface area contributed by atoms with Crippen LogP contribution in [0.3, 0.4) is 0 Å². The molecule has 0 spiro atoms. The monoisotopic (exact) mass is 335 g/mol. The summed E-state index contributed by atoms with van der Waals surface area (Å²) in [5.41, 5.74) is 0.531. The minimum absolute atomic E-state index is 0.0864. The van der Waals surface area contributed by atoms with Gasteiger partial charge in [-0.2, -0.15) is 8.42 Å². The van der Waals surface area contributed by atoms with E-state index in [1.807, 2.05) is 0 Å². The highest BCUT2D eigenvalue weighted by Gasteiger charge is 2.16. The third-order valence-corrected chi connectivity index (χ3v) is 4.33. The fourth-order valence-electron chi connectivity index (χ4n) is 2.16. The molecule has 0 aliphatic rings. The van der Waals surface area contributed by atoms with Crippen molar-refractivity contribution in [2.75, 3.05) is 39.5 Å². The Morgan fingerprint density at radius 2 is 1.64 bits per heavy atom. The van der Waals surface area contributed by atoms with E-state index in [0.717, 1.165) is 43.3 Å². The van der Waals surface area contributed by atoms with Crippen LogP contribution in [0.5, 0.6) is 0 Å². The van der Waals surface area contributed by atoms with Crippen molar-refractivity contribution in [3.8, 4) is 0 Å². The van der Waals surface area contributed by atoms with Gasteiger partial charge < -0.3 is 9.80 Å². The van der Waals surface area contributed by atoms with Crippen LogP contribution >= 0.6 is 0 Å². The Labute approximate surface area is 134 Å². The predicted molar refractivity (Wildman–Crippen MR) is 89.2 cm³/mol. The normalized spacial score (nSPS) is 12.2. The third kappa shape index (κ3) is 12.8. The maximum Gasteiger partial charge on any atom is 0.265 e. The van der Waals surface area contributed by atoms with E-state index in [0.29, 0.717) is 18.5 Å². The summed E-state index contributed by atoms with van der Waals surface area (Å²) >= 11 is 0. The van der Waals surface area contributed by atoms with E-state index in [4.69, 9.17) is 4.55 Å². The lowest BCUT2D eigenvalue weighted by atomic mass is 10.1. The fraction of sp³-hybridized carbons (Fsp3) is 0.800. The van der Waals surface area contributed by atoms with Crippen LogP contribution in [0, 0.1) is 0 Å². The summed E-state index contributed by atoms with van der Waals surface area (Å²) in [5, 5.41) is 2.81. The first-order chi connectivity index (χ1) is 10.0. The first kappa shape index (κ1) is 21.1. The highest BCUT2D eigenvalue weighted by atomic mass is 32.2. The molecule has 0 radical (unpaired) electrons. The van der Waals surface area contributed by atoms with Crippen LogP contribution in [-0.2, 0) is 14.9 Å². The summed E-state index contributed by atoms with van der Waals surface area (Å²) in [6.45, 7) is 7.66. The van der Waals surface area contributed by atoms with Gasteiger partial charge in [0.1, 0.15) is 0 Å². The minimum atomic E-state index is -3.85. The van der Waals surface area contributed by atoms with E-state index in [2.05, 4.69) is 26.0 Å². The largest absolute Gasteiger partial charge is 0.352 e. The summed E-state index contributed by atoms with van der Waals surface area (Å²) in [4.78, 5) is 11.3. The van der Waals surface area contributed by atoms with Gasteiger partial charge in [-0.15, -0.1) is 0 Å². The molecule has 0 saturated carbocycles. The van der Waals surface area contributed by atoms with Crippen molar-refractivity contribution in [2.45, 2.75) is 39.0 Å². The van der Waals surface area contributed by atoms with Crippen LogP contribution in [0.25, 0.3) is 0 Å². The van der Waals surface area contributed by atoms with E-state index >= 15 is 0 Å². The summed E-state index contributed by atoms with van der Waals surface area (Å²) in [6, 6.07) is 0. The molecule has 0 bridgehead atoms. The molecule has 0 unspecified atom stereocenters. The lowest BCUT2D eigenvalue weighted by Crippen LogP contribution is -2.41. The van der Waals surface area contributed by atoms with Crippen LogP contribution in [0.4, 0.5) is 0 Å². The Hall–Kier alpha value is -0.920. The first-order valence-electron chi connectivity index (χ1n) is 7.74. The maximum atomic E-state index is 11.3. The van der Waals surface area contributed by atoms with Crippen LogP contribution in [-0.4, -0.2) is 62.8 Å². The number of carbonyl (C=O) groups excluding carboxylic acids is 1. The average Bonchev–Trinajstić information content (AvgIpc) is 2.35. The second-order valence-corrected chi connectivity index (χ2v) is 8.05. The molecule has 0 aliphatic heterocycles. The molecule has 0 aromatic rings. The molecule has 0 saturated heterocycles. The summed E-state index contributed by atoms with van der Waals surface area (Å²) in [6.07, 6.45) is 4.63. The lowest BCUT2D eigenvalue weighted by molar-refractivity contribution is -0.890. The van der Waals surface area contributed by atoms with Crippen LogP contribution in [0.15, 0.2) is 12.2 Å². The van der Waals surface area contributed by atoms with E-state index in [1.54, 1.807) is 6.92 Å². The molecule has 0 rings (SSSR count). The van der Waals surface area contributed by atoms with E-state index in [-0.39, 0.29) is 11.7 Å². The third-order valence-electron chi connectivity index (χ3n) is 3.53. The van der Waals surface area contributed by atoms with Gasteiger partial charge >= 0.3 is 0 Å². The van der Waals surface area contributed by atoms with Gasteiger partial charge in [-0.3, -0.25) is 9.35 Å². The number of unbranched alkanes of at least 4 members (excludes halogenated alkanes) is 3. The molecule has 130 valence electrons. The number of quaternary nitrogens is 1. The van der Waals surface area contributed by atoms with Crippen molar-refractivity contribution < 1.29 is 22.2 Å². The molecule has 6 nitrogen and oxygen atoms in total. The highest BCUT2D eigenvalue weighted by molar-refractivity contribution is 7.85. The number of hydrogen-bond donors (Lipinski definition) is 2. The molecular formula is C15H31N2O4S+. The van der Waals surface area contributed by atoms with Gasteiger partial charge in [-0.25, -0.2) is 0 Å². The molecule has 22 heavy (non-hydrogen) atoms. The van der Waals surface area contributed by atoms with Gasteiger partial charge in [-0.1, -0.05) is 13.0 Å². The van der Waals surface area contributed by atoms with E-state index in [9.17, 15) is 13.2 Å². The SMILES string of the molecule is C=C(C)C(=O)NCCCCCC[N+](C)(C)CCCS(=O)(=O)O. The lowest BCUT2D eigenvalue weighted by Gasteiger charge is -2.29. The van der Waals surface area contributed by atoms with E-state index < -0.39 is 10.1 Å². The van der Waals surface area contributed by atoms with Gasteiger partial charge in [0.2, 0.25) is 5.91 Å². The molecule has 0 aliphatic carbocycles. The second kappa shape index (κ2) is 9.97. The molecule has 0 aromatic heterocycles. The number of nitrogens with one attached hydrogen (secondary N) is 1. The average molecular weight is 335 g/mol. The zero-order valence-corrected chi connectivity index (χ0v) is 14.9. The predicted octanol–water partition coefficient (Wildman–Crippen LogP) is 1.59. The quantitative estimate of drug-likeness (QED) is 0.245. The molecule has 0 heterocycles. The van der Waals surface area contributed by atoms with Gasteiger partial charge in [0.15, 0.2) is 0 Å². The molecule has 0 atom stereocenters. The van der Waals surface area contributed by atoms with Crippen LogP contribution in [0.1, 0.15) is 39.0 Å². The first-order valence-corrected chi connectivity index (χ1v) is 9.35. The molecular weight excluding hydrogens is 304 g/mol. The molecule has 1 amide bonds. The zero-order chi connectivity index (χ0) is 17.2. The summed E-state index contributed by atoms with van der Waals surface area (Å²) in [5.74, 6) is -0.256. The topological polar surface area (TPSA) is 83.5 Å². The fourth-order valence-corrected chi connectivity index (χ4v) is 2.65. The smallest absolute Gasteiger partial charge is 0.265 e. The summed E-state index contributed by atoms with van der Waals surface area (Å²) in [7, 11) is 0.287. The minimum Gasteiger partial charge on any atom is -0.352 e.